The Kier molecular flexibility index (Phi) is 64.6. The third kappa shape index (κ3) is 64.2. The molecule has 0 fully saturated rings. The van der Waals surface area contributed by atoms with Gasteiger partial charge >= 0.3 is 17.9 Å². The highest BCUT2D eigenvalue weighted by molar-refractivity contribution is 5.71. The SMILES string of the molecule is CC/C=C\C/C=C\C/C=C\C/C=C\CCCCCCC(=O)OCC(COC(=O)CCCCCCCCCCCCCCCCCCCCCCCCC)OC(=O)CCCCCCCCCCCCCCCCCCCCCC. The first-order chi connectivity index (χ1) is 38.5. The van der Waals surface area contributed by atoms with Gasteiger partial charge in [-0.15, -0.1) is 0 Å². The van der Waals surface area contributed by atoms with Crippen molar-refractivity contribution < 1.29 is 28.6 Å². The summed E-state index contributed by atoms with van der Waals surface area (Å²) in [5, 5.41) is 0. The summed E-state index contributed by atoms with van der Waals surface area (Å²) in [7, 11) is 0. The van der Waals surface area contributed by atoms with Crippen LogP contribution < -0.4 is 0 Å². The molecule has 0 heterocycles. The number of carbonyl (C=O) groups excluding carboxylic acids is 3. The maximum absolute atomic E-state index is 12.9. The predicted octanol–water partition coefficient (Wildman–Crippen LogP) is 23.7. The van der Waals surface area contributed by atoms with Crippen molar-refractivity contribution >= 4 is 17.9 Å². The molecule has 0 bridgehead atoms. The third-order valence-corrected chi connectivity index (χ3v) is 15.6. The summed E-state index contributed by atoms with van der Waals surface area (Å²) in [5.41, 5.74) is 0. The van der Waals surface area contributed by atoms with Crippen molar-refractivity contribution in [3.05, 3.63) is 48.6 Å². The van der Waals surface area contributed by atoms with Crippen LogP contribution in [0.3, 0.4) is 0 Å². The quantitative estimate of drug-likeness (QED) is 0.0261. The summed E-state index contributed by atoms with van der Waals surface area (Å²) in [6, 6.07) is 0. The van der Waals surface area contributed by atoms with Gasteiger partial charge in [-0.3, -0.25) is 14.4 Å². The maximum atomic E-state index is 12.9. The molecule has 0 aromatic heterocycles. The fourth-order valence-corrected chi connectivity index (χ4v) is 10.4. The van der Waals surface area contributed by atoms with Gasteiger partial charge in [0.2, 0.25) is 0 Å². The molecule has 0 aliphatic carbocycles. The molecule has 0 amide bonds. The Bertz CT molecular complexity index is 1350. The minimum atomic E-state index is -0.782. The summed E-state index contributed by atoms with van der Waals surface area (Å²) >= 11 is 0. The minimum Gasteiger partial charge on any atom is -0.462 e. The van der Waals surface area contributed by atoms with E-state index in [9.17, 15) is 14.4 Å². The van der Waals surface area contributed by atoms with Crippen molar-refractivity contribution in [1.82, 2.24) is 0 Å². The Morgan fingerprint density at radius 3 is 0.782 bits per heavy atom. The second-order valence-corrected chi connectivity index (χ2v) is 23.4. The van der Waals surface area contributed by atoms with Crippen LogP contribution in [-0.4, -0.2) is 37.2 Å². The van der Waals surface area contributed by atoms with E-state index < -0.39 is 6.10 Å². The summed E-state index contributed by atoms with van der Waals surface area (Å²) in [6.45, 7) is 6.58. The largest absolute Gasteiger partial charge is 0.462 e. The van der Waals surface area contributed by atoms with E-state index in [-0.39, 0.29) is 31.1 Å². The first kappa shape index (κ1) is 75.4. The zero-order valence-electron chi connectivity index (χ0n) is 52.5. The van der Waals surface area contributed by atoms with Crippen LogP contribution in [0.4, 0.5) is 0 Å². The minimum absolute atomic E-state index is 0.0756. The predicted molar refractivity (Wildman–Crippen MR) is 339 cm³/mol. The molecule has 0 saturated carbocycles. The Hall–Kier alpha value is -2.63. The van der Waals surface area contributed by atoms with Gasteiger partial charge < -0.3 is 14.2 Å². The topological polar surface area (TPSA) is 78.9 Å². The highest BCUT2D eigenvalue weighted by Crippen LogP contribution is 2.19. The number of carbonyl (C=O) groups is 3. The molecule has 0 aromatic rings. The van der Waals surface area contributed by atoms with E-state index in [1.165, 1.54) is 238 Å². The van der Waals surface area contributed by atoms with Crippen molar-refractivity contribution in [1.29, 1.82) is 0 Å². The smallest absolute Gasteiger partial charge is 0.306 e. The van der Waals surface area contributed by atoms with Gasteiger partial charge in [0, 0.05) is 19.3 Å². The van der Waals surface area contributed by atoms with Crippen molar-refractivity contribution in [3.8, 4) is 0 Å². The number of esters is 3. The molecular weight excluding hydrogens is 961 g/mol. The van der Waals surface area contributed by atoms with E-state index in [0.29, 0.717) is 19.3 Å². The Balaban J connectivity index is 4.32. The highest BCUT2D eigenvalue weighted by atomic mass is 16.6. The Labute approximate surface area is 486 Å². The Morgan fingerprint density at radius 2 is 0.500 bits per heavy atom. The lowest BCUT2D eigenvalue weighted by atomic mass is 10.0. The number of ether oxygens (including phenoxy) is 3. The van der Waals surface area contributed by atoms with Crippen LogP contribution >= 0.6 is 0 Å². The van der Waals surface area contributed by atoms with Crippen molar-refractivity contribution in [3.63, 3.8) is 0 Å². The van der Waals surface area contributed by atoms with Gasteiger partial charge in [0.05, 0.1) is 0 Å². The van der Waals surface area contributed by atoms with Gasteiger partial charge in [0.1, 0.15) is 13.2 Å². The van der Waals surface area contributed by atoms with Gasteiger partial charge in [-0.1, -0.05) is 345 Å². The molecule has 0 radical (unpaired) electrons. The van der Waals surface area contributed by atoms with Crippen LogP contribution in [0.5, 0.6) is 0 Å². The highest BCUT2D eigenvalue weighted by Gasteiger charge is 2.19. The third-order valence-electron chi connectivity index (χ3n) is 15.6. The average molecular weight is 1090 g/mol. The molecule has 78 heavy (non-hydrogen) atoms. The lowest BCUT2D eigenvalue weighted by Crippen LogP contribution is -2.30. The number of hydrogen-bond donors (Lipinski definition) is 0. The maximum Gasteiger partial charge on any atom is 0.306 e. The lowest BCUT2D eigenvalue weighted by Gasteiger charge is -2.18. The monoisotopic (exact) mass is 1090 g/mol. The molecule has 0 aromatic carbocycles. The van der Waals surface area contributed by atoms with Gasteiger partial charge in [-0.05, 0) is 57.8 Å². The molecule has 0 aliphatic rings. The average Bonchev–Trinajstić information content (AvgIpc) is 3.44. The van der Waals surface area contributed by atoms with Gasteiger partial charge in [-0.25, -0.2) is 0 Å². The van der Waals surface area contributed by atoms with Crippen LogP contribution in [-0.2, 0) is 28.6 Å². The van der Waals surface area contributed by atoms with Crippen LogP contribution in [0.1, 0.15) is 374 Å². The first-order valence-electron chi connectivity index (χ1n) is 34.6. The molecule has 1 unspecified atom stereocenters. The molecule has 456 valence electrons. The summed E-state index contributed by atoms with van der Waals surface area (Å²) in [5.74, 6) is -0.872. The zero-order valence-corrected chi connectivity index (χ0v) is 52.5. The van der Waals surface area contributed by atoms with E-state index in [1.54, 1.807) is 0 Å². The number of rotatable bonds is 64. The summed E-state index contributed by atoms with van der Waals surface area (Å²) in [6.07, 6.45) is 84.2. The van der Waals surface area contributed by atoms with Crippen molar-refractivity contribution in [2.45, 2.75) is 380 Å². The molecule has 0 saturated heterocycles. The fourth-order valence-electron chi connectivity index (χ4n) is 10.4. The van der Waals surface area contributed by atoms with E-state index in [0.717, 1.165) is 96.3 Å². The van der Waals surface area contributed by atoms with Gasteiger partial charge in [-0.2, -0.15) is 0 Å². The van der Waals surface area contributed by atoms with E-state index in [1.807, 2.05) is 0 Å². The molecular formula is C72H132O6. The second-order valence-electron chi connectivity index (χ2n) is 23.4. The molecule has 1 atom stereocenters. The van der Waals surface area contributed by atoms with Crippen LogP contribution in [0.2, 0.25) is 0 Å². The number of unbranched alkanes of at least 4 members (excludes halogenated alkanes) is 45. The van der Waals surface area contributed by atoms with Crippen LogP contribution in [0.15, 0.2) is 48.6 Å². The number of hydrogen-bond acceptors (Lipinski definition) is 6. The zero-order chi connectivity index (χ0) is 56.4. The normalized spacial score (nSPS) is 12.3. The van der Waals surface area contributed by atoms with E-state index in [4.69, 9.17) is 14.2 Å². The van der Waals surface area contributed by atoms with E-state index >= 15 is 0 Å². The summed E-state index contributed by atoms with van der Waals surface area (Å²) < 4.78 is 17.0. The molecule has 6 nitrogen and oxygen atoms in total. The van der Waals surface area contributed by atoms with Crippen LogP contribution in [0, 0.1) is 0 Å². The van der Waals surface area contributed by atoms with E-state index in [2.05, 4.69) is 69.4 Å². The van der Waals surface area contributed by atoms with Gasteiger partial charge in [0.15, 0.2) is 6.10 Å². The van der Waals surface area contributed by atoms with Gasteiger partial charge in [0.25, 0.3) is 0 Å². The Morgan fingerprint density at radius 1 is 0.269 bits per heavy atom. The van der Waals surface area contributed by atoms with Crippen LogP contribution in [0.25, 0.3) is 0 Å². The van der Waals surface area contributed by atoms with Crippen molar-refractivity contribution in [2.75, 3.05) is 13.2 Å². The standard InChI is InChI=1S/C72H132O6/c1-4-7-10-13-16-19-22-25-28-31-33-35-36-37-39-41-44-47-50-53-56-59-62-65-71(74)77-68-69(67-76-70(73)64-61-58-55-52-49-46-43-40-30-27-24-21-18-15-12-9-6-3)78-72(75)66-63-60-57-54-51-48-45-42-38-34-32-29-26-23-20-17-14-11-8-5-2/h9,12,18,21,27,30,43,46,69H,4-8,10-11,13-17,19-20,22-26,28-29,31-42,44-45,47-68H2,1-3H3/b12-9-,21-18-,30-27-,46-43-. The first-order valence-corrected chi connectivity index (χ1v) is 34.6. The molecule has 0 aliphatic heterocycles. The molecule has 6 heteroatoms. The lowest BCUT2D eigenvalue weighted by molar-refractivity contribution is -0.167. The van der Waals surface area contributed by atoms with Crippen molar-refractivity contribution in [2.24, 2.45) is 0 Å². The number of allylic oxidation sites excluding steroid dienone is 8. The molecule has 0 N–H and O–H groups in total. The summed E-state index contributed by atoms with van der Waals surface area (Å²) in [4.78, 5) is 38.4. The fraction of sp³-hybridized carbons (Fsp3) is 0.847. The molecule has 0 spiro atoms. The second kappa shape index (κ2) is 66.9. The molecule has 0 rings (SSSR count).